The van der Waals surface area contributed by atoms with E-state index in [1.807, 2.05) is 66.7 Å². The summed E-state index contributed by atoms with van der Waals surface area (Å²) >= 11 is 3.41. The summed E-state index contributed by atoms with van der Waals surface area (Å²) in [7, 11) is 0. The second-order valence-electron chi connectivity index (χ2n) is 8.91. The average Bonchev–Trinajstić information content (AvgIpc) is 3.39. The molecule has 4 aromatic rings. The molecule has 0 saturated carbocycles. The van der Waals surface area contributed by atoms with Crippen molar-refractivity contribution in [1.82, 2.24) is 4.98 Å². The zero-order valence-corrected chi connectivity index (χ0v) is 21.6. The number of carbonyl (C=O) groups excluding carboxylic acids is 1. The van der Waals surface area contributed by atoms with Crippen LogP contribution in [0.15, 0.2) is 71.2 Å². The molecule has 0 spiro atoms. The third-order valence-electron chi connectivity index (χ3n) is 6.51. The smallest absolute Gasteiger partial charge is 0.339 e. The number of ether oxygens (including phenoxy) is 4. The third-order valence-corrected chi connectivity index (χ3v) is 7.04. The first-order valence-electron chi connectivity index (χ1n) is 12.2. The van der Waals surface area contributed by atoms with E-state index < -0.39 is 0 Å². The first-order valence-corrected chi connectivity index (χ1v) is 13.0. The Kier molecular flexibility index (Phi) is 6.53. The third kappa shape index (κ3) is 4.91. The predicted octanol–water partition coefficient (Wildman–Crippen LogP) is 6.84. The molecular formula is C30H24BrNO5. The number of fused-ring (bicyclic) bond motifs is 3. The number of hydrogen-bond donors (Lipinski definition) is 0. The van der Waals surface area contributed by atoms with Crippen LogP contribution in [-0.4, -0.2) is 31.0 Å². The largest absolute Gasteiger partial charge is 0.490 e. The number of aromatic nitrogens is 1. The molecule has 7 heteroatoms. The maximum absolute atomic E-state index is 13.4. The van der Waals surface area contributed by atoms with E-state index in [-0.39, 0.29) is 26.0 Å². The van der Waals surface area contributed by atoms with Gasteiger partial charge in [-0.05, 0) is 84.5 Å². The lowest BCUT2D eigenvalue weighted by Crippen LogP contribution is -2.17. The van der Waals surface area contributed by atoms with Gasteiger partial charge in [0.1, 0.15) is 19.0 Å². The highest BCUT2D eigenvalue weighted by Gasteiger charge is 2.26. The van der Waals surface area contributed by atoms with E-state index in [1.54, 1.807) is 0 Å². The zero-order valence-electron chi connectivity index (χ0n) is 20.0. The van der Waals surface area contributed by atoms with Crippen LogP contribution in [0.5, 0.6) is 17.2 Å². The average molecular weight is 558 g/mol. The molecule has 0 unspecified atom stereocenters. The van der Waals surface area contributed by atoms with E-state index in [9.17, 15) is 4.79 Å². The topological polar surface area (TPSA) is 66.9 Å². The van der Waals surface area contributed by atoms with Crippen LogP contribution in [0.4, 0.5) is 0 Å². The van der Waals surface area contributed by atoms with Crippen LogP contribution in [0.1, 0.15) is 40.0 Å². The highest BCUT2D eigenvalue weighted by Crippen LogP contribution is 2.38. The first-order chi connectivity index (χ1) is 18.2. The molecule has 1 aromatic heterocycles. The van der Waals surface area contributed by atoms with E-state index in [2.05, 4.69) is 22.0 Å². The molecule has 37 heavy (non-hydrogen) atoms. The fraction of sp³-hybridized carbons (Fsp3) is 0.200. The number of pyridine rings is 1. The Bertz CT molecular complexity index is 1510. The maximum atomic E-state index is 13.4. The number of carbonyl (C=O) groups is 1. The van der Waals surface area contributed by atoms with Gasteiger partial charge in [0.2, 0.25) is 6.79 Å². The summed E-state index contributed by atoms with van der Waals surface area (Å²) in [5.41, 5.74) is 5.28. The van der Waals surface area contributed by atoms with Gasteiger partial charge in [-0.25, -0.2) is 9.78 Å². The van der Waals surface area contributed by atoms with E-state index in [0.29, 0.717) is 5.56 Å². The Balaban J connectivity index is 1.29. The van der Waals surface area contributed by atoms with Gasteiger partial charge in [-0.2, -0.15) is 0 Å². The number of halogens is 1. The Morgan fingerprint density at radius 3 is 2.70 bits per heavy atom. The SMILES string of the molecule is O=C(OCCOc1ccc(Br)cc1)c1c2c(nc3ccccc13)C(=Cc1ccc3c(c1)OCO3)CCC2. The van der Waals surface area contributed by atoms with Crippen LogP contribution in [0, 0.1) is 0 Å². The van der Waals surface area contributed by atoms with Gasteiger partial charge in [0.15, 0.2) is 11.5 Å². The summed E-state index contributed by atoms with van der Waals surface area (Å²) in [6.07, 6.45) is 4.70. The van der Waals surface area contributed by atoms with Gasteiger partial charge >= 0.3 is 5.97 Å². The number of allylic oxidation sites excluding steroid dienone is 1. The minimum absolute atomic E-state index is 0.153. The number of rotatable bonds is 6. The second kappa shape index (κ2) is 10.3. The summed E-state index contributed by atoms with van der Waals surface area (Å²) in [6, 6.07) is 21.2. The number of esters is 1. The molecule has 2 heterocycles. The van der Waals surface area contributed by atoms with Crippen LogP contribution >= 0.6 is 15.9 Å². The normalized spacial score (nSPS) is 15.0. The van der Waals surface area contributed by atoms with Crippen molar-refractivity contribution in [2.24, 2.45) is 0 Å². The molecule has 2 aliphatic rings. The molecule has 186 valence electrons. The van der Waals surface area contributed by atoms with Crippen LogP contribution in [0.2, 0.25) is 0 Å². The van der Waals surface area contributed by atoms with E-state index >= 15 is 0 Å². The lowest BCUT2D eigenvalue weighted by atomic mass is 9.86. The van der Waals surface area contributed by atoms with Gasteiger partial charge in [-0.1, -0.05) is 40.2 Å². The fourth-order valence-corrected chi connectivity index (χ4v) is 5.07. The molecule has 0 saturated heterocycles. The molecular weight excluding hydrogens is 534 g/mol. The number of benzene rings is 3. The maximum Gasteiger partial charge on any atom is 0.339 e. The summed E-state index contributed by atoms with van der Waals surface area (Å²) in [5, 5.41) is 0.810. The summed E-state index contributed by atoms with van der Waals surface area (Å²) in [6.45, 7) is 0.666. The van der Waals surface area contributed by atoms with Crippen molar-refractivity contribution < 1.29 is 23.7 Å². The van der Waals surface area contributed by atoms with Crippen LogP contribution in [0.3, 0.4) is 0 Å². The molecule has 3 aromatic carbocycles. The van der Waals surface area contributed by atoms with Crippen LogP contribution in [-0.2, 0) is 11.2 Å². The summed E-state index contributed by atoms with van der Waals surface area (Å²) in [4.78, 5) is 18.4. The van der Waals surface area contributed by atoms with Crippen LogP contribution < -0.4 is 14.2 Å². The number of hydrogen-bond acceptors (Lipinski definition) is 6. The van der Waals surface area contributed by atoms with Crippen molar-refractivity contribution >= 4 is 44.5 Å². The van der Waals surface area contributed by atoms with Gasteiger partial charge in [-0.3, -0.25) is 0 Å². The van der Waals surface area contributed by atoms with E-state index in [1.165, 1.54) is 0 Å². The van der Waals surface area contributed by atoms with Gasteiger partial charge in [0.25, 0.3) is 0 Å². The molecule has 0 radical (unpaired) electrons. The molecule has 0 fully saturated rings. The van der Waals surface area contributed by atoms with Gasteiger partial charge in [0, 0.05) is 9.86 Å². The van der Waals surface area contributed by atoms with Gasteiger partial charge in [0.05, 0.1) is 16.8 Å². The minimum Gasteiger partial charge on any atom is -0.490 e. The van der Waals surface area contributed by atoms with Crippen molar-refractivity contribution in [3.05, 3.63) is 93.6 Å². The van der Waals surface area contributed by atoms with E-state index in [0.717, 1.165) is 74.3 Å². The van der Waals surface area contributed by atoms with Gasteiger partial charge in [-0.15, -0.1) is 0 Å². The fourth-order valence-electron chi connectivity index (χ4n) is 4.81. The number of para-hydroxylation sites is 1. The standard InChI is InChI=1S/C30H24BrNO5/c31-21-9-11-22(12-10-21)34-14-15-35-30(33)28-23-5-1-2-7-25(23)32-29-20(4-3-6-24(28)29)16-19-8-13-26-27(17-19)37-18-36-26/h1-2,5,7-13,16-17H,3-4,6,14-15,18H2. The first kappa shape index (κ1) is 23.6. The summed E-state index contributed by atoms with van der Waals surface area (Å²) in [5.74, 6) is 1.87. The molecule has 0 bridgehead atoms. The minimum atomic E-state index is -0.349. The Labute approximate surface area is 223 Å². The van der Waals surface area contributed by atoms with Crippen molar-refractivity contribution in [1.29, 1.82) is 0 Å². The number of nitrogens with zero attached hydrogens (tertiary/aromatic N) is 1. The van der Waals surface area contributed by atoms with Crippen molar-refractivity contribution in [2.45, 2.75) is 19.3 Å². The Morgan fingerprint density at radius 1 is 0.973 bits per heavy atom. The molecule has 0 amide bonds. The Hall–Kier alpha value is -3.84. The molecule has 0 atom stereocenters. The van der Waals surface area contributed by atoms with Crippen LogP contribution in [0.25, 0.3) is 22.6 Å². The van der Waals surface area contributed by atoms with Crippen molar-refractivity contribution in [3.63, 3.8) is 0 Å². The monoisotopic (exact) mass is 557 g/mol. The predicted molar refractivity (Wildman–Crippen MR) is 145 cm³/mol. The highest BCUT2D eigenvalue weighted by molar-refractivity contribution is 9.10. The zero-order chi connectivity index (χ0) is 25.2. The summed E-state index contributed by atoms with van der Waals surface area (Å²) < 4.78 is 23.4. The molecule has 0 N–H and O–H groups in total. The lowest BCUT2D eigenvalue weighted by Gasteiger charge is -2.22. The van der Waals surface area contributed by atoms with E-state index in [4.69, 9.17) is 23.9 Å². The molecule has 6 nitrogen and oxygen atoms in total. The Morgan fingerprint density at radius 2 is 1.81 bits per heavy atom. The van der Waals surface area contributed by atoms with Crippen molar-refractivity contribution in [2.75, 3.05) is 20.0 Å². The quantitative estimate of drug-likeness (QED) is 0.191. The van der Waals surface area contributed by atoms with Gasteiger partial charge < -0.3 is 18.9 Å². The van der Waals surface area contributed by atoms with Crippen molar-refractivity contribution in [3.8, 4) is 17.2 Å². The molecule has 1 aliphatic carbocycles. The second-order valence-corrected chi connectivity index (χ2v) is 9.82. The highest BCUT2D eigenvalue weighted by atomic mass is 79.9. The molecule has 1 aliphatic heterocycles. The lowest BCUT2D eigenvalue weighted by molar-refractivity contribution is 0.0451. The molecule has 6 rings (SSSR count).